The van der Waals surface area contributed by atoms with Crippen molar-refractivity contribution in [1.29, 1.82) is 5.41 Å². The molecule has 0 saturated heterocycles. The molecule has 15 heavy (non-hydrogen) atoms. The third-order valence-electron chi connectivity index (χ3n) is 1.69. The average Bonchev–Trinajstić information content (AvgIpc) is 2.68. The number of carbonyl (C=O) groups is 1. The first-order valence-electron chi connectivity index (χ1n) is 4.56. The molecule has 1 rings (SSSR count). The van der Waals surface area contributed by atoms with Gasteiger partial charge in [0.05, 0.1) is 0 Å². The number of hydrogen-bond donors (Lipinski definition) is 3. The predicted molar refractivity (Wildman–Crippen MR) is 59.6 cm³/mol. The number of carbonyl (C=O) groups excluding carboxylic acids is 1. The number of nitrogens with zero attached hydrogens (tertiary/aromatic N) is 1. The lowest BCUT2D eigenvalue weighted by Crippen LogP contribution is -2.38. The molecule has 1 aromatic rings. The number of rotatable bonds is 5. The second-order valence-electron chi connectivity index (χ2n) is 2.93. The van der Waals surface area contributed by atoms with Gasteiger partial charge in [-0.15, -0.1) is 11.3 Å². The molecule has 6 heteroatoms. The summed E-state index contributed by atoms with van der Waals surface area (Å²) >= 11 is 1.28. The molecule has 0 saturated carbocycles. The van der Waals surface area contributed by atoms with Crippen molar-refractivity contribution in [3.63, 3.8) is 0 Å². The van der Waals surface area contributed by atoms with Gasteiger partial charge in [-0.1, -0.05) is 13.3 Å². The molecular formula is C9H13N4OS. The maximum Gasteiger partial charge on any atom is 0.219 e. The zero-order chi connectivity index (χ0) is 11.3. The molecule has 4 N–H and O–H groups in total. The summed E-state index contributed by atoms with van der Waals surface area (Å²) in [6.45, 7) is 1.96. The van der Waals surface area contributed by atoms with Crippen LogP contribution in [0, 0.1) is 11.5 Å². The molecule has 0 atom stereocenters. The van der Waals surface area contributed by atoms with E-state index in [1.54, 1.807) is 11.6 Å². The van der Waals surface area contributed by atoms with E-state index >= 15 is 0 Å². The van der Waals surface area contributed by atoms with E-state index in [0.717, 1.165) is 6.42 Å². The smallest absolute Gasteiger partial charge is 0.219 e. The number of nitrogens with two attached hydrogens (primary N) is 1. The van der Waals surface area contributed by atoms with Gasteiger partial charge in [-0.3, -0.25) is 10.2 Å². The molecule has 0 aliphatic carbocycles. The van der Waals surface area contributed by atoms with Crippen LogP contribution < -0.4 is 11.1 Å². The van der Waals surface area contributed by atoms with Gasteiger partial charge in [0.15, 0.2) is 11.0 Å². The lowest BCUT2D eigenvalue weighted by atomic mass is 10.1. The van der Waals surface area contributed by atoms with E-state index in [0.29, 0.717) is 17.5 Å². The average molecular weight is 225 g/mol. The quantitative estimate of drug-likeness (QED) is 0.398. The minimum absolute atomic E-state index is 0.179. The summed E-state index contributed by atoms with van der Waals surface area (Å²) in [6.07, 6.45) is 2.96. The Labute approximate surface area is 92.2 Å². The number of guanidine groups is 1. The summed E-state index contributed by atoms with van der Waals surface area (Å²) in [5.74, 6) is -0.398. The number of ketones is 1. The Morgan fingerprint density at radius 2 is 2.47 bits per heavy atom. The Balaban J connectivity index is 2.71. The fraction of sp³-hybridized carbons (Fsp3) is 0.333. The molecule has 0 bridgehead atoms. The maximum absolute atomic E-state index is 11.8. The van der Waals surface area contributed by atoms with Crippen LogP contribution >= 0.6 is 11.3 Å². The van der Waals surface area contributed by atoms with Crippen LogP contribution in [0.15, 0.2) is 11.6 Å². The van der Waals surface area contributed by atoms with Crippen LogP contribution in [0.2, 0.25) is 0 Å². The highest BCUT2D eigenvalue weighted by molar-refractivity contribution is 7.11. The minimum Gasteiger partial charge on any atom is -0.370 e. The number of hydrogen-bond acceptors (Lipinski definition) is 4. The lowest BCUT2D eigenvalue weighted by Gasteiger charge is -2.13. The highest BCUT2D eigenvalue weighted by atomic mass is 32.1. The number of thiazole rings is 1. The van der Waals surface area contributed by atoms with E-state index in [-0.39, 0.29) is 11.7 Å². The summed E-state index contributed by atoms with van der Waals surface area (Å²) in [5, 5.41) is 11.8. The van der Waals surface area contributed by atoms with Gasteiger partial charge in [-0.05, 0) is 6.42 Å². The topological polar surface area (TPSA) is 91.9 Å². The molecule has 1 radical (unpaired) electrons. The summed E-state index contributed by atoms with van der Waals surface area (Å²) in [5.41, 5.74) is 5.20. The third kappa shape index (κ3) is 3.32. The molecule has 1 heterocycles. The van der Waals surface area contributed by atoms with Crippen LogP contribution in [0.3, 0.4) is 0 Å². The van der Waals surface area contributed by atoms with Crippen molar-refractivity contribution in [3.05, 3.63) is 22.6 Å². The Morgan fingerprint density at radius 3 is 2.93 bits per heavy atom. The van der Waals surface area contributed by atoms with Crippen molar-refractivity contribution in [2.45, 2.75) is 19.8 Å². The number of nitrogens with one attached hydrogen (secondary N) is 2. The van der Waals surface area contributed by atoms with Crippen molar-refractivity contribution in [3.8, 4) is 0 Å². The molecule has 0 aromatic carbocycles. The lowest BCUT2D eigenvalue weighted by molar-refractivity contribution is 0.0993. The van der Waals surface area contributed by atoms with Gasteiger partial charge in [-0.2, -0.15) is 0 Å². The molecule has 0 aliphatic heterocycles. The highest BCUT2D eigenvalue weighted by Crippen LogP contribution is 2.15. The van der Waals surface area contributed by atoms with Crippen LogP contribution in [0.4, 0.5) is 0 Å². The molecule has 0 amide bonds. The van der Waals surface area contributed by atoms with Gasteiger partial charge in [-0.25, -0.2) is 4.98 Å². The van der Waals surface area contributed by atoms with Gasteiger partial charge in [0.1, 0.15) is 6.04 Å². The van der Waals surface area contributed by atoms with Crippen molar-refractivity contribution >= 4 is 23.1 Å². The highest BCUT2D eigenvalue weighted by Gasteiger charge is 2.22. The van der Waals surface area contributed by atoms with E-state index in [1.165, 1.54) is 11.3 Å². The van der Waals surface area contributed by atoms with Crippen LogP contribution in [0.25, 0.3) is 0 Å². The predicted octanol–water partition coefficient (Wildman–Crippen LogP) is 1.14. The Morgan fingerprint density at radius 1 is 1.73 bits per heavy atom. The Bertz CT molecular complexity index is 336. The summed E-state index contributed by atoms with van der Waals surface area (Å²) in [6, 6.07) is 0.431. The van der Waals surface area contributed by atoms with Crippen LogP contribution in [0.1, 0.15) is 29.6 Å². The number of aromatic nitrogens is 1. The Hall–Kier alpha value is -1.43. The van der Waals surface area contributed by atoms with Crippen LogP contribution in [-0.4, -0.2) is 16.7 Å². The van der Waals surface area contributed by atoms with E-state index in [9.17, 15) is 4.79 Å². The van der Waals surface area contributed by atoms with Crippen LogP contribution in [-0.2, 0) is 0 Å². The van der Waals surface area contributed by atoms with Gasteiger partial charge >= 0.3 is 0 Å². The molecule has 0 fully saturated rings. The second kappa shape index (κ2) is 5.45. The fourth-order valence-corrected chi connectivity index (χ4v) is 1.71. The zero-order valence-electron chi connectivity index (χ0n) is 8.41. The molecule has 0 unspecified atom stereocenters. The summed E-state index contributed by atoms with van der Waals surface area (Å²) in [7, 11) is 0. The van der Waals surface area contributed by atoms with Crippen molar-refractivity contribution < 1.29 is 4.79 Å². The maximum atomic E-state index is 11.8. The van der Waals surface area contributed by atoms with Gasteiger partial charge in [0.25, 0.3) is 0 Å². The molecule has 5 nitrogen and oxygen atoms in total. The van der Waals surface area contributed by atoms with E-state index in [1.807, 2.05) is 6.92 Å². The van der Waals surface area contributed by atoms with Crippen molar-refractivity contribution in [2.24, 2.45) is 5.73 Å². The standard InChI is InChI=1S/C9H13N4OS/c1-2-3-6(13-9(10)11)7(14)8-12-4-5-15-8/h4-5H,2-3H2,1H3,(H4,10,11,13). The van der Waals surface area contributed by atoms with Gasteiger partial charge in [0.2, 0.25) is 5.78 Å². The molecule has 0 spiro atoms. The SMILES string of the molecule is CCC[C](NC(=N)N)C(=O)c1nccs1. The van der Waals surface area contributed by atoms with Gasteiger partial charge in [0, 0.05) is 11.6 Å². The first-order chi connectivity index (χ1) is 7.15. The number of Topliss-reactive ketones (excluding diaryl/α,β-unsaturated/α-hetero) is 1. The summed E-state index contributed by atoms with van der Waals surface area (Å²) in [4.78, 5) is 15.8. The van der Waals surface area contributed by atoms with E-state index < -0.39 is 0 Å². The van der Waals surface area contributed by atoms with E-state index in [4.69, 9.17) is 11.1 Å². The van der Waals surface area contributed by atoms with Crippen molar-refractivity contribution in [1.82, 2.24) is 10.3 Å². The molecular weight excluding hydrogens is 212 g/mol. The third-order valence-corrected chi connectivity index (χ3v) is 2.46. The molecule has 0 aliphatic rings. The summed E-state index contributed by atoms with van der Waals surface area (Å²) < 4.78 is 0. The monoisotopic (exact) mass is 225 g/mol. The fourth-order valence-electron chi connectivity index (χ4n) is 1.11. The second-order valence-corrected chi connectivity index (χ2v) is 3.83. The normalized spacial score (nSPS) is 10.3. The molecule has 81 valence electrons. The molecule has 1 aromatic heterocycles. The first kappa shape index (κ1) is 11.6. The minimum atomic E-state index is -0.219. The van der Waals surface area contributed by atoms with E-state index in [2.05, 4.69) is 10.3 Å². The van der Waals surface area contributed by atoms with Gasteiger partial charge < -0.3 is 11.1 Å². The van der Waals surface area contributed by atoms with Crippen LogP contribution in [0.5, 0.6) is 0 Å². The Kier molecular flexibility index (Phi) is 4.23. The van der Waals surface area contributed by atoms with Crippen molar-refractivity contribution in [2.75, 3.05) is 0 Å². The zero-order valence-corrected chi connectivity index (χ0v) is 9.23. The first-order valence-corrected chi connectivity index (χ1v) is 5.44. The largest absolute Gasteiger partial charge is 0.370 e.